The maximum Gasteiger partial charge on any atom is 0.276 e. The Hall–Kier alpha value is -1.95. The van der Waals surface area contributed by atoms with Crippen molar-refractivity contribution in [3.63, 3.8) is 0 Å². The lowest BCUT2D eigenvalue weighted by Crippen LogP contribution is -2.18. The minimum Gasteiger partial charge on any atom is -0.396 e. The second-order valence-electron chi connectivity index (χ2n) is 5.12. The number of aromatic nitrogens is 2. The Bertz CT molecular complexity index is 685. The van der Waals surface area contributed by atoms with Gasteiger partial charge in [0.1, 0.15) is 5.82 Å². The van der Waals surface area contributed by atoms with Crippen LogP contribution in [0, 0.1) is 6.92 Å². The third kappa shape index (κ3) is 3.58. The van der Waals surface area contributed by atoms with Gasteiger partial charge in [0, 0.05) is 10.4 Å². The van der Waals surface area contributed by atoms with Gasteiger partial charge in [0.2, 0.25) is 0 Å². The van der Waals surface area contributed by atoms with Crippen molar-refractivity contribution in [3.05, 3.63) is 46.0 Å². The Morgan fingerprint density at radius 2 is 2.10 bits per heavy atom. The number of hydrogen-bond donors (Lipinski definition) is 2. The van der Waals surface area contributed by atoms with Gasteiger partial charge in [0.05, 0.1) is 17.6 Å². The molecule has 0 fully saturated rings. The third-order valence-corrected chi connectivity index (χ3v) is 3.60. The molecule has 1 heterocycles. The van der Waals surface area contributed by atoms with Crippen LogP contribution in [0.25, 0.3) is 0 Å². The molecule has 0 atom stereocenters. The molecule has 0 radical (unpaired) electrons. The number of aryl methyl sites for hydroxylation is 1. The van der Waals surface area contributed by atoms with Crippen LogP contribution in [0.4, 0.5) is 11.4 Å². The van der Waals surface area contributed by atoms with Crippen molar-refractivity contribution in [2.75, 3.05) is 11.1 Å². The van der Waals surface area contributed by atoms with E-state index in [0.29, 0.717) is 11.5 Å². The van der Waals surface area contributed by atoms with E-state index in [2.05, 4.69) is 31.2 Å². The van der Waals surface area contributed by atoms with Crippen molar-refractivity contribution in [3.8, 4) is 0 Å². The van der Waals surface area contributed by atoms with Crippen LogP contribution in [0.3, 0.4) is 0 Å². The number of nitrogens with two attached hydrogens (primary N) is 1. The zero-order valence-corrected chi connectivity index (χ0v) is 13.7. The summed E-state index contributed by atoms with van der Waals surface area (Å²) in [4.78, 5) is 20.7. The number of amides is 1. The Morgan fingerprint density at radius 1 is 1.38 bits per heavy atom. The van der Waals surface area contributed by atoms with E-state index in [1.54, 1.807) is 0 Å². The quantitative estimate of drug-likeness (QED) is 0.889. The van der Waals surface area contributed by atoms with Gasteiger partial charge in [-0.2, -0.15) is 0 Å². The molecular formula is C15H17BrN4O. The summed E-state index contributed by atoms with van der Waals surface area (Å²) < 4.78 is 0.813. The summed E-state index contributed by atoms with van der Waals surface area (Å²) in [6.45, 7) is 5.90. The van der Waals surface area contributed by atoms with Crippen LogP contribution in [-0.4, -0.2) is 15.9 Å². The maximum absolute atomic E-state index is 12.3. The smallest absolute Gasteiger partial charge is 0.276 e. The van der Waals surface area contributed by atoms with Gasteiger partial charge >= 0.3 is 0 Å². The summed E-state index contributed by atoms with van der Waals surface area (Å²) in [5, 5.41) is 2.80. The first-order valence-electron chi connectivity index (χ1n) is 6.58. The second kappa shape index (κ2) is 6.22. The Morgan fingerprint density at radius 3 is 2.71 bits per heavy atom. The summed E-state index contributed by atoms with van der Waals surface area (Å²) in [5.41, 5.74) is 8.04. The van der Waals surface area contributed by atoms with Crippen molar-refractivity contribution in [2.45, 2.75) is 26.7 Å². The van der Waals surface area contributed by atoms with E-state index in [-0.39, 0.29) is 23.2 Å². The zero-order chi connectivity index (χ0) is 15.6. The molecule has 0 unspecified atom stereocenters. The predicted molar refractivity (Wildman–Crippen MR) is 87.4 cm³/mol. The molecule has 3 N–H and O–H groups in total. The maximum atomic E-state index is 12.3. The van der Waals surface area contributed by atoms with E-state index < -0.39 is 0 Å². The second-order valence-corrected chi connectivity index (χ2v) is 5.98. The number of hydrogen-bond acceptors (Lipinski definition) is 4. The summed E-state index contributed by atoms with van der Waals surface area (Å²) in [7, 11) is 0. The van der Waals surface area contributed by atoms with Gasteiger partial charge in [0.25, 0.3) is 5.91 Å². The van der Waals surface area contributed by atoms with Crippen molar-refractivity contribution >= 4 is 33.2 Å². The fourth-order valence-corrected chi connectivity index (χ4v) is 2.36. The number of nitrogens with one attached hydrogen (secondary N) is 1. The van der Waals surface area contributed by atoms with Gasteiger partial charge < -0.3 is 11.1 Å². The largest absolute Gasteiger partial charge is 0.396 e. The molecule has 0 bridgehead atoms. The molecule has 0 aliphatic rings. The van der Waals surface area contributed by atoms with Crippen LogP contribution in [0.5, 0.6) is 0 Å². The molecule has 0 spiro atoms. The minimum atomic E-state index is -0.346. The first kappa shape index (κ1) is 15.4. The van der Waals surface area contributed by atoms with E-state index in [0.717, 1.165) is 10.0 Å². The number of anilines is 2. The van der Waals surface area contributed by atoms with Crippen LogP contribution >= 0.6 is 15.9 Å². The van der Waals surface area contributed by atoms with Gasteiger partial charge in [-0.25, -0.2) is 9.97 Å². The number of nitrogen functional groups attached to an aromatic ring is 1. The van der Waals surface area contributed by atoms with Gasteiger partial charge in [-0.15, -0.1) is 0 Å². The molecule has 2 aromatic rings. The van der Waals surface area contributed by atoms with E-state index in [4.69, 9.17) is 5.73 Å². The van der Waals surface area contributed by atoms with E-state index in [1.807, 2.05) is 39.0 Å². The number of halogens is 1. The van der Waals surface area contributed by atoms with Crippen LogP contribution in [0.2, 0.25) is 0 Å². The normalized spacial score (nSPS) is 10.7. The van der Waals surface area contributed by atoms with E-state index >= 15 is 0 Å². The van der Waals surface area contributed by atoms with Gasteiger partial charge in [-0.05, 0) is 40.5 Å². The lowest BCUT2D eigenvalue weighted by Gasteiger charge is -2.11. The monoisotopic (exact) mass is 348 g/mol. The Balaban J connectivity index is 2.30. The molecular weight excluding hydrogens is 332 g/mol. The first-order chi connectivity index (χ1) is 9.88. The van der Waals surface area contributed by atoms with Crippen molar-refractivity contribution in [2.24, 2.45) is 0 Å². The highest BCUT2D eigenvalue weighted by Crippen LogP contribution is 2.24. The number of carbonyl (C=O) groups excluding carboxylic acids is 1. The van der Waals surface area contributed by atoms with E-state index in [1.165, 1.54) is 6.20 Å². The van der Waals surface area contributed by atoms with Crippen LogP contribution < -0.4 is 11.1 Å². The summed E-state index contributed by atoms with van der Waals surface area (Å²) >= 11 is 3.43. The Kier molecular flexibility index (Phi) is 4.57. The first-order valence-corrected chi connectivity index (χ1v) is 7.37. The van der Waals surface area contributed by atoms with Crippen molar-refractivity contribution in [1.29, 1.82) is 0 Å². The molecule has 1 aromatic carbocycles. The summed E-state index contributed by atoms with van der Waals surface area (Å²) in [6, 6.07) is 5.68. The minimum absolute atomic E-state index is 0.128. The van der Waals surface area contributed by atoms with Crippen molar-refractivity contribution < 1.29 is 4.79 Å². The average Bonchev–Trinajstić information content (AvgIpc) is 2.42. The highest BCUT2D eigenvalue weighted by molar-refractivity contribution is 9.10. The molecule has 21 heavy (non-hydrogen) atoms. The Labute approximate surface area is 132 Å². The van der Waals surface area contributed by atoms with Crippen LogP contribution in [-0.2, 0) is 0 Å². The number of rotatable bonds is 3. The molecule has 1 aromatic heterocycles. The van der Waals surface area contributed by atoms with E-state index in [9.17, 15) is 4.79 Å². The van der Waals surface area contributed by atoms with Gasteiger partial charge in [-0.1, -0.05) is 19.9 Å². The molecule has 110 valence electrons. The predicted octanol–water partition coefficient (Wildman–Crippen LogP) is 3.51. The molecule has 2 rings (SSSR count). The molecule has 5 nitrogen and oxygen atoms in total. The van der Waals surface area contributed by atoms with Crippen LogP contribution in [0.1, 0.15) is 41.6 Å². The zero-order valence-electron chi connectivity index (χ0n) is 12.1. The molecule has 1 amide bonds. The van der Waals surface area contributed by atoms with Gasteiger partial charge in [0.15, 0.2) is 5.69 Å². The van der Waals surface area contributed by atoms with Gasteiger partial charge in [-0.3, -0.25) is 4.79 Å². The van der Waals surface area contributed by atoms with Crippen LogP contribution in [0.15, 0.2) is 28.9 Å². The number of benzene rings is 1. The molecule has 0 aliphatic carbocycles. The molecule has 0 saturated heterocycles. The summed E-state index contributed by atoms with van der Waals surface area (Å²) in [6.07, 6.45) is 1.47. The SMILES string of the molecule is Cc1ccc(NC(=O)c2nc(C(C)C)ncc2N)c(Br)c1. The fourth-order valence-electron chi connectivity index (χ4n) is 1.77. The molecule has 0 aliphatic heterocycles. The standard InChI is InChI=1S/C15H17BrN4O/c1-8(2)14-18-7-11(17)13(20-14)15(21)19-12-5-4-9(3)6-10(12)16/h4-8H,17H2,1-3H3,(H,19,21). The lowest BCUT2D eigenvalue weighted by atomic mass is 10.2. The van der Waals surface area contributed by atoms with Crippen molar-refractivity contribution in [1.82, 2.24) is 9.97 Å². The average molecular weight is 349 g/mol. The lowest BCUT2D eigenvalue weighted by molar-refractivity contribution is 0.102. The summed E-state index contributed by atoms with van der Waals surface area (Å²) in [5.74, 6) is 0.377. The molecule has 0 saturated carbocycles. The number of carbonyl (C=O) groups is 1. The fraction of sp³-hybridized carbons (Fsp3) is 0.267. The highest BCUT2D eigenvalue weighted by atomic mass is 79.9. The highest BCUT2D eigenvalue weighted by Gasteiger charge is 2.16. The number of nitrogens with zero attached hydrogens (tertiary/aromatic N) is 2. The molecule has 6 heteroatoms. The third-order valence-electron chi connectivity index (χ3n) is 2.94. The topological polar surface area (TPSA) is 80.9 Å².